The fraction of sp³-hybridized carbons (Fsp3) is 0.600. The van der Waals surface area contributed by atoms with E-state index in [2.05, 4.69) is 26.1 Å². The lowest BCUT2D eigenvalue weighted by molar-refractivity contribution is 0.306. The molecule has 1 N–H and O–H groups in total. The summed E-state index contributed by atoms with van der Waals surface area (Å²) >= 11 is 6.28. The summed E-state index contributed by atoms with van der Waals surface area (Å²) in [6.45, 7) is 8.11. The Labute approximate surface area is 116 Å². The molecule has 0 fully saturated rings. The van der Waals surface area contributed by atoms with Crippen LogP contribution in [0.2, 0.25) is 5.02 Å². The number of hydrogen-bond donors (Lipinski definition) is 1. The van der Waals surface area contributed by atoms with Crippen molar-refractivity contribution < 1.29 is 4.74 Å². The van der Waals surface area contributed by atoms with Crippen molar-refractivity contribution in [3.63, 3.8) is 0 Å². The molecule has 0 bridgehead atoms. The summed E-state index contributed by atoms with van der Waals surface area (Å²) in [4.78, 5) is 0. The summed E-state index contributed by atoms with van der Waals surface area (Å²) in [5, 5.41) is 4.13. The van der Waals surface area contributed by atoms with Crippen molar-refractivity contribution in [2.45, 2.75) is 46.1 Å². The number of ether oxygens (including phenoxy) is 1. The Morgan fingerprint density at radius 3 is 2.67 bits per heavy atom. The zero-order chi connectivity index (χ0) is 13.4. The summed E-state index contributed by atoms with van der Waals surface area (Å²) in [6.07, 6.45) is 3.52. The third kappa shape index (κ3) is 4.87. The first-order chi connectivity index (χ1) is 8.69. The second-order valence-corrected chi connectivity index (χ2v) is 4.93. The van der Waals surface area contributed by atoms with Crippen LogP contribution in [0.15, 0.2) is 18.2 Å². The molecule has 0 aliphatic rings. The number of halogens is 1. The molecule has 1 atom stereocenters. The van der Waals surface area contributed by atoms with Gasteiger partial charge in [0, 0.05) is 11.1 Å². The number of unbranched alkanes of at least 4 members (excludes halogenated alkanes) is 2. The summed E-state index contributed by atoms with van der Waals surface area (Å²) < 4.78 is 5.68. The van der Waals surface area contributed by atoms with E-state index >= 15 is 0 Å². The van der Waals surface area contributed by atoms with Gasteiger partial charge in [-0.2, -0.15) is 0 Å². The molecule has 1 aromatic carbocycles. The van der Waals surface area contributed by atoms with Gasteiger partial charge in [0.2, 0.25) is 0 Å². The lowest BCUT2D eigenvalue weighted by Gasteiger charge is -2.15. The van der Waals surface area contributed by atoms with Crippen LogP contribution < -0.4 is 10.1 Å². The normalized spacial score (nSPS) is 12.4. The highest BCUT2D eigenvalue weighted by Gasteiger charge is 2.09. The molecule has 0 aliphatic carbocycles. The molecule has 1 unspecified atom stereocenters. The highest BCUT2D eigenvalue weighted by molar-refractivity contribution is 6.31. The van der Waals surface area contributed by atoms with Crippen molar-refractivity contribution in [1.29, 1.82) is 0 Å². The largest absolute Gasteiger partial charge is 0.494 e. The van der Waals surface area contributed by atoms with Gasteiger partial charge in [-0.3, -0.25) is 0 Å². The first-order valence-electron chi connectivity index (χ1n) is 6.84. The Morgan fingerprint density at radius 2 is 2.06 bits per heavy atom. The van der Waals surface area contributed by atoms with Gasteiger partial charge in [0.15, 0.2) is 0 Å². The molecule has 0 aliphatic heterocycles. The van der Waals surface area contributed by atoms with Gasteiger partial charge in [-0.15, -0.1) is 0 Å². The van der Waals surface area contributed by atoms with E-state index in [9.17, 15) is 0 Å². The maximum Gasteiger partial charge on any atom is 0.120 e. The molecule has 1 rings (SSSR count). The fourth-order valence-electron chi connectivity index (χ4n) is 1.91. The maximum absolute atomic E-state index is 6.28. The Kier molecular flexibility index (Phi) is 7.14. The molecule has 0 saturated carbocycles. The van der Waals surface area contributed by atoms with E-state index in [1.807, 2.05) is 18.2 Å². The van der Waals surface area contributed by atoms with Crippen molar-refractivity contribution in [3.8, 4) is 5.75 Å². The number of hydrogen-bond acceptors (Lipinski definition) is 2. The highest BCUT2D eigenvalue weighted by atomic mass is 35.5. The molecule has 102 valence electrons. The van der Waals surface area contributed by atoms with Crippen molar-refractivity contribution >= 4 is 11.6 Å². The lowest BCUT2D eigenvalue weighted by atomic mass is 10.1. The van der Waals surface area contributed by atoms with Gasteiger partial charge >= 0.3 is 0 Å². The van der Waals surface area contributed by atoms with Gasteiger partial charge in [-0.25, -0.2) is 0 Å². The second-order valence-electron chi connectivity index (χ2n) is 4.52. The maximum atomic E-state index is 6.28. The lowest BCUT2D eigenvalue weighted by Crippen LogP contribution is -2.17. The average Bonchev–Trinajstić information content (AvgIpc) is 2.35. The number of benzene rings is 1. The molecule has 0 spiro atoms. The first kappa shape index (κ1) is 15.3. The van der Waals surface area contributed by atoms with E-state index in [1.165, 1.54) is 12.8 Å². The van der Waals surface area contributed by atoms with E-state index in [0.717, 1.165) is 35.9 Å². The van der Waals surface area contributed by atoms with Crippen LogP contribution in [-0.2, 0) is 0 Å². The van der Waals surface area contributed by atoms with Crippen LogP contribution in [0.25, 0.3) is 0 Å². The minimum Gasteiger partial charge on any atom is -0.494 e. The van der Waals surface area contributed by atoms with Gasteiger partial charge in [-0.1, -0.05) is 44.4 Å². The molecule has 18 heavy (non-hydrogen) atoms. The predicted octanol–water partition coefficient (Wildman–Crippen LogP) is 4.58. The van der Waals surface area contributed by atoms with Crippen LogP contribution in [0.3, 0.4) is 0 Å². The van der Waals surface area contributed by atoms with E-state index in [4.69, 9.17) is 16.3 Å². The van der Waals surface area contributed by atoms with Crippen LogP contribution in [-0.4, -0.2) is 13.2 Å². The smallest absolute Gasteiger partial charge is 0.120 e. The standard InChI is InChI=1S/C15H24ClNO/c1-4-6-7-10-18-13-8-9-14(15(16)11-13)12(3)17-5-2/h8-9,11-12,17H,4-7,10H2,1-3H3. The van der Waals surface area contributed by atoms with Crippen molar-refractivity contribution in [1.82, 2.24) is 5.32 Å². The second kappa shape index (κ2) is 8.39. The Hall–Kier alpha value is -0.730. The van der Waals surface area contributed by atoms with E-state index < -0.39 is 0 Å². The van der Waals surface area contributed by atoms with Crippen LogP contribution in [0.4, 0.5) is 0 Å². The molecule has 2 nitrogen and oxygen atoms in total. The van der Waals surface area contributed by atoms with Gasteiger partial charge in [0.1, 0.15) is 5.75 Å². The van der Waals surface area contributed by atoms with E-state index in [-0.39, 0.29) is 6.04 Å². The van der Waals surface area contributed by atoms with Gasteiger partial charge in [0.25, 0.3) is 0 Å². The minimum atomic E-state index is 0.275. The van der Waals surface area contributed by atoms with Gasteiger partial charge in [0.05, 0.1) is 6.61 Å². The van der Waals surface area contributed by atoms with Crippen molar-refractivity contribution in [3.05, 3.63) is 28.8 Å². The Morgan fingerprint density at radius 1 is 1.28 bits per heavy atom. The monoisotopic (exact) mass is 269 g/mol. The quantitative estimate of drug-likeness (QED) is 0.698. The molecule has 0 saturated heterocycles. The van der Waals surface area contributed by atoms with Gasteiger partial charge in [-0.05, 0) is 37.6 Å². The zero-order valence-electron chi connectivity index (χ0n) is 11.6. The molecule has 0 aromatic heterocycles. The fourth-order valence-corrected chi connectivity index (χ4v) is 2.24. The van der Waals surface area contributed by atoms with Crippen LogP contribution in [0.5, 0.6) is 5.75 Å². The Bertz CT molecular complexity index is 354. The molecule has 0 amide bonds. The van der Waals surface area contributed by atoms with E-state index in [1.54, 1.807) is 0 Å². The molecular weight excluding hydrogens is 246 g/mol. The van der Waals surface area contributed by atoms with Gasteiger partial charge < -0.3 is 10.1 Å². The molecule has 0 radical (unpaired) electrons. The van der Waals surface area contributed by atoms with Crippen LogP contribution in [0.1, 0.15) is 51.6 Å². The van der Waals surface area contributed by atoms with Crippen LogP contribution >= 0.6 is 11.6 Å². The summed E-state index contributed by atoms with van der Waals surface area (Å²) in [5.41, 5.74) is 1.12. The molecule has 3 heteroatoms. The molecule has 0 heterocycles. The molecular formula is C15H24ClNO. The van der Waals surface area contributed by atoms with Crippen molar-refractivity contribution in [2.75, 3.05) is 13.2 Å². The summed E-state index contributed by atoms with van der Waals surface area (Å²) in [6, 6.07) is 6.24. The van der Waals surface area contributed by atoms with E-state index in [0.29, 0.717) is 0 Å². The zero-order valence-corrected chi connectivity index (χ0v) is 12.4. The summed E-state index contributed by atoms with van der Waals surface area (Å²) in [5.74, 6) is 0.864. The third-order valence-corrected chi connectivity index (χ3v) is 3.29. The van der Waals surface area contributed by atoms with Crippen molar-refractivity contribution in [2.24, 2.45) is 0 Å². The van der Waals surface area contributed by atoms with Crippen LogP contribution in [0, 0.1) is 0 Å². The minimum absolute atomic E-state index is 0.275. The SMILES string of the molecule is CCCCCOc1ccc(C(C)NCC)c(Cl)c1. The molecule has 1 aromatic rings. The summed E-state index contributed by atoms with van der Waals surface area (Å²) in [7, 11) is 0. The number of rotatable bonds is 8. The Balaban J connectivity index is 2.56. The highest BCUT2D eigenvalue weighted by Crippen LogP contribution is 2.27. The topological polar surface area (TPSA) is 21.3 Å². The first-order valence-corrected chi connectivity index (χ1v) is 7.22. The average molecular weight is 270 g/mol. The third-order valence-electron chi connectivity index (χ3n) is 2.97. The number of nitrogens with one attached hydrogen (secondary N) is 1. The predicted molar refractivity (Wildman–Crippen MR) is 78.6 cm³/mol.